The fourth-order valence-corrected chi connectivity index (χ4v) is 2.75. The SMILES string of the molecule is CN[C@@H]1CC2COC[C@@H]([C@@H]1F)N2C(=O)OC(C)(C)C. The van der Waals surface area contributed by atoms with Crippen molar-refractivity contribution in [3.05, 3.63) is 0 Å². The number of nitrogens with one attached hydrogen (secondary N) is 1. The minimum atomic E-state index is -1.13. The molecular formula is C13H23FN2O3. The Kier molecular flexibility index (Phi) is 4.01. The molecule has 2 fully saturated rings. The maximum absolute atomic E-state index is 14.4. The summed E-state index contributed by atoms with van der Waals surface area (Å²) >= 11 is 0. The van der Waals surface area contributed by atoms with Crippen LogP contribution in [0.4, 0.5) is 9.18 Å². The van der Waals surface area contributed by atoms with Gasteiger partial charge in [0, 0.05) is 6.04 Å². The molecule has 110 valence electrons. The lowest BCUT2D eigenvalue weighted by Gasteiger charge is -2.49. The van der Waals surface area contributed by atoms with Gasteiger partial charge in [-0.2, -0.15) is 0 Å². The van der Waals surface area contributed by atoms with Crippen molar-refractivity contribution in [2.75, 3.05) is 20.3 Å². The predicted molar refractivity (Wildman–Crippen MR) is 68.8 cm³/mol. The molecule has 1 amide bonds. The minimum Gasteiger partial charge on any atom is -0.444 e. The number of nitrogens with zero attached hydrogens (tertiary/aromatic N) is 1. The molecule has 2 aliphatic rings. The number of amides is 1. The molecule has 0 spiro atoms. The van der Waals surface area contributed by atoms with E-state index in [1.807, 2.05) is 20.8 Å². The van der Waals surface area contributed by atoms with E-state index >= 15 is 0 Å². The van der Waals surface area contributed by atoms with Crippen LogP contribution in [0.3, 0.4) is 0 Å². The van der Waals surface area contributed by atoms with Crippen LogP contribution in [-0.2, 0) is 9.47 Å². The summed E-state index contributed by atoms with van der Waals surface area (Å²) in [4.78, 5) is 13.8. The molecule has 0 aromatic carbocycles. The maximum atomic E-state index is 14.4. The summed E-state index contributed by atoms with van der Waals surface area (Å²) in [7, 11) is 1.75. The number of piperidine rings is 1. The third-order valence-corrected chi connectivity index (χ3v) is 3.60. The molecule has 0 saturated carbocycles. The molecule has 5 nitrogen and oxygen atoms in total. The third-order valence-electron chi connectivity index (χ3n) is 3.60. The van der Waals surface area contributed by atoms with Gasteiger partial charge in [-0.15, -0.1) is 0 Å². The molecule has 0 aromatic rings. The van der Waals surface area contributed by atoms with Crippen molar-refractivity contribution in [3.8, 4) is 0 Å². The van der Waals surface area contributed by atoms with Crippen LogP contribution in [0.2, 0.25) is 0 Å². The molecular weight excluding hydrogens is 251 g/mol. The van der Waals surface area contributed by atoms with Crippen LogP contribution in [0.25, 0.3) is 0 Å². The maximum Gasteiger partial charge on any atom is 0.411 e. The first-order chi connectivity index (χ1) is 8.83. The molecule has 1 unspecified atom stereocenters. The Morgan fingerprint density at radius 1 is 1.42 bits per heavy atom. The molecule has 0 radical (unpaired) electrons. The van der Waals surface area contributed by atoms with E-state index in [0.29, 0.717) is 13.0 Å². The molecule has 2 rings (SSSR count). The molecule has 2 heterocycles. The highest BCUT2D eigenvalue weighted by Crippen LogP contribution is 2.31. The predicted octanol–water partition coefficient (Wildman–Crippen LogP) is 1.32. The largest absolute Gasteiger partial charge is 0.444 e. The smallest absolute Gasteiger partial charge is 0.411 e. The van der Waals surface area contributed by atoms with Gasteiger partial charge in [0.1, 0.15) is 11.8 Å². The first-order valence-electron chi connectivity index (χ1n) is 6.74. The van der Waals surface area contributed by atoms with Gasteiger partial charge in [-0.3, -0.25) is 4.90 Å². The monoisotopic (exact) mass is 274 g/mol. The number of alkyl halides is 1. The fraction of sp³-hybridized carbons (Fsp3) is 0.923. The Morgan fingerprint density at radius 3 is 2.68 bits per heavy atom. The van der Waals surface area contributed by atoms with Crippen molar-refractivity contribution in [3.63, 3.8) is 0 Å². The zero-order chi connectivity index (χ0) is 14.2. The zero-order valence-corrected chi connectivity index (χ0v) is 12.0. The first-order valence-corrected chi connectivity index (χ1v) is 6.74. The number of hydrogen-bond acceptors (Lipinski definition) is 4. The van der Waals surface area contributed by atoms with E-state index in [0.717, 1.165) is 0 Å². The average Bonchev–Trinajstić information content (AvgIpc) is 2.31. The highest BCUT2D eigenvalue weighted by molar-refractivity contribution is 5.69. The second-order valence-corrected chi connectivity index (χ2v) is 6.22. The van der Waals surface area contributed by atoms with Crippen molar-refractivity contribution in [2.24, 2.45) is 0 Å². The Bertz CT molecular complexity index is 345. The van der Waals surface area contributed by atoms with Gasteiger partial charge in [0.25, 0.3) is 0 Å². The van der Waals surface area contributed by atoms with Crippen LogP contribution in [-0.4, -0.2) is 61.2 Å². The number of carbonyl (C=O) groups excluding carboxylic acids is 1. The summed E-state index contributed by atoms with van der Waals surface area (Å²) in [6.07, 6.45) is -1.02. The van der Waals surface area contributed by atoms with Gasteiger partial charge in [-0.25, -0.2) is 9.18 Å². The average molecular weight is 274 g/mol. The standard InChI is InChI=1S/C13H23FN2O3/c1-13(2,3)19-12(17)16-8-5-9(15-4)11(14)10(16)7-18-6-8/h8-11,15H,5-7H2,1-4H3/t8?,9-,10+,11-/m1/s1. The Labute approximate surface area is 113 Å². The lowest BCUT2D eigenvalue weighted by molar-refractivity contribution is -0.110. The van der Waals surface area contributed by atoms with Gasteiger partial charge >= 0.3 is 6.09 Å². The quantitative estimate of drug-likeness (QED) is 0.783. The minimum absolute atomic E-state index is 0.113. The number of ether oxygens (including phenoxy) is 2. The third kappa shape index (κ3) is 3.00. The number of halogens is 1. The topological polar surface area (TPSA) is 50.8 Å². The van der Waals surface area contributed by atoms with E-state index in [1.165, 1.54) is 4.90 Å². The molecule has 2 saturated heterocycles. The van der Waals surface area contributed by atoms with Crippen molar-refractivity contribution in [1.29, 1.82) is 0 Å². The van der Waals surface area contributed by atoms with Crippen LogP contribution >= 0.6 is 0 Å². The summed E-state index contributed by atoms with van der Waals surface area (Å²) in [5.41, 5.74) is -0.572. The molecule has 19 heavy (non-hydrogen) atoms. The first kappa shape index (κ1) is 14.5. The van der Waals surface area contributed by atoms with Crippen LogP contribution in [0.5, 0.6) is 0 Å². The number of hydrogen-bond donors (Lipinski definition) is 1. The van der Waals surface area contributed by atoms with E-state index < -0.39 is 23.9 Å². The number of rotatable bonds is 1. The molecule has 1 N–H and O–H groups in total. The van der Waals surface area contributed by atoms with Crippen LogP contribution < -0.4 is 5.32 Å². The second kappa shape index (κ2) is 5.25. The van der Waals surface area contributed by atoms with Gasteiger partial charge in [0.15, 0.2) is 0 Å². The molecule has 0 aromatic heterocycles. The normalized spacial score (nSPS) is 35.1. The molecule has 4 atom stereocenters. The van der Waals surface area contributed by atoms with Crippen molar-refractivity contribution in [1.82, 2.24) is 10.2 Å². The van der Waals surface area contributed by atoms with Gasteiger partial charge in [-0.1, -0.05) is 0 Å². The van der Waals surface area contributed by atoms with E-state index in [4.69, 9.17) is 9.47 Å². The van der Waals surface area contributed by atoms with E-state index in [2.05, 4.69) is 5.32 Å². The highest BCUT2D eigenvalue weighted by Gasteiger charge is 2.49. The Morgan fingerprint density at radius 2 is 2.11 bits per heavy atom. The van der Waals surface area contributed by atoms with E-state index in [1.54, 1.807) is 7.05 Å². The van der Waals surface area contributed by atoms with Crippen molar-refractivity contribution >= 4 is 6.09 Å². The van der Waals surface area contributed by atoms with Gasteiger partial charge in [-0.05, 0) is 34.2 Å². The highest BCUT2D eigenvalue weighted by atomic mass is 19.1. The summed E-state index contributed by atoms with van der Waals surface area (Å²) < 4.78 is 25.1. The molecule has 6 heteroatoms. The van der Waals surface area contributed by atoms with Crippen LogP contribution in [0.15, 0.2) is 0 Å². The fourth-order valence-electron chi connectivity index (χ4n) is 2.75. The van der Waals surface area contributed by atoms with Gasteiger partial charge in [0.05, 0.1) is 25.3 Å². The number of morpholine rings is 1. The van der Waals surface area contributed by atoms with Gasteiger partial charge < -0.3 is 14.8 Å². The van der Waals surface area contributed by atoms with Gasteiger partial charge in [0.2, 0.25) is 0 Å². The lowest BCUT2D eigenvalue weighted by atomic mass is 9.89. The van der Waals surface area contributed by atoms with E-state index in [-0.39, 0.29) is 18.7 Å². The van der Waals surface area contributed by atoms with Crippen LogP contribution in [0, 0.1) is 0 Å². The molecule has 2 aliphatic heterocycles. The summed E-state index contributed by atoms with van der Waals surface area (Å²) in [6, 6.07) is -0.893. The summed E-state index contributed by atoms with van der Waals surface area (Å²) in [6.45, 7) is 6.11. The van der Waals surface area contributed by atoms with Crippen molar-refractivity contribution < 1.29 is 18.7 Å². The number of carbonyl (C=O) groups is 1. The number of fused-ring (bicyclic) bond motifs is 2. The zero-order valence-electron chi connectivity index (χ0n) is 12.0. The Hall–Kier alpha value is -0.880. The molecule has 0 aliphatic carbocycles. The van der Waals surface area contributed by atoms with Crippen LogP contribution in [0.1, 0.15) is 27.2 Å². The van der Waals surface area contributed by atoms with E-state index in [9.17, 15) is 9.18 Å². The Balaban J connectivity index is 2.14. The van der Waals surface area contributed by atoms with Crippen molar-refractivity contribution in [2.45, 2.75) is 57.1 Å². The lowest BCUT2D eigenvalue weighted by Crippen LogP contribution is -2.67. The summed E-state index contributed by atoms with van der Waals surface area (Å²) in [5.74, 6) is 0. The second-order valence-electron chi connectivity index (χ2n) is 6.22. The molecule has 2 bridgehead atoms. The summed E-state index contributed by atoms with van der Waals surface area (Å²) in [5, 5.41) is 2.98.